The normalized spacial score (nSPS) is 10.0. The SMILES string of the molecule is CCCc1ccccc1[N+]#N.F[B-](F)(F)F. The van der Waals surface area contributed by atoms with E-state index in [1.165, 1.54) is 0 Å². The number of benzene rings is 1. The minimum absolute atomic E-state index is 0.689. The van der Waals surface area contributed by atoms with Crippen LogP contribution < -0.4 is 0 Å². The highest BCUT2D eigenvalue weighted by Crippen LogP contribution is 2.19. The lowest BCUT2D eigenvalue weighted by molar-refractivity contribution is 0.368. The number of hydrogen-bond acceptors (Lipinski definition) is 1. The fraction of sp³-hybridized carbons (Fsp3) is 0.333. The van der Waals surface area contributed by atoms with Crippen LogP contribution in [0.1, 0.15) is 18.9 Å². The van der Waals surface area contributed by atoms with Gasteiger partial charge in [-0.05, 0) is 6.42 Å². The van der Waals surface area contributed by atoms with Gasteiger partial charge in [-0.1, -0.05) is 31.5 Å². The summed E-state index contributed by atoms with van der Waals surface area (Å²) in [6.07, 6.45) is 2.05. The fourth-order valence-electron chi connectivity index (χ4n) is 1.09. The molecule has 1 aromatic carbocycles. The van der Waals surface area contributed by atoms with Crippen LogP contribution in [0.25, 0.3) is 4.98 Å². The summed E-state index contributed by atoms with van der Waals surface area (Å²) in [6.45, 7) is 2.11. The molecule has 88 valence electrons. The smallest absolute Gasteiger partial charge is 0.418 e. The minimum atomic E-state index is -6.00. The topological polar surface area (TPSA) is 28.1 Å². The Kier molecular flexibility index (Phi) is 6.15. The Labute approximate surface area is 91.0 Å². The predicted octanol–water partition coefficient (Wildman–Crippen LogP) is 4.42. The second-order valence-corrected chi connectivity index (χ2v) is 2.97. The van der Waals surface area contributed by atoms with Gasteiger partial charge in [0.1, 0.15) is 0 Å². The summed E-state index contributed by atoms with van der Waals surface area (Å²) in [6, 6.07) is 7.62. The van der Waals surface area contributed by atoms with E-state index in [1.54, 1.807) is 0 Å². The molecule has 0 N–H and O–H groups in total. The van der Waals surface area contributed by atoms with Gasteiger partial charge in [-0.2, -0.15) is 0 Å². The summed E-state index contributed by atoms with van der Waals surface area (Å²) in [5.74, 6) is 0. The quantitative estimate of drug-likeness (QED) is 0.422. The first-order valence-corrected chi connectivity index (χ1v) is 4.68. The molecule has 0 aliphatic carbocycles. The van der Waals surface area contributed by atoms with Gasteiger partial charge in [-0.15, -0.1) is 0 Å². The van der Waals surface area contributed by atoms with Crippen LogP contribution >= 0.6 is 0 Å². The largest absolute Gasteiger partial charge is 0.673 e. The van der Waals surface area contributed by atoms with E-state index in [2.05, 4.69) is 11.9 Å². The summed E-state index contributed by atoms with van der Waals surface area (Å²) in [7, 11) is -6.00. The molecule has 0 radical (unpaired) electrons. The van der Waals surface area contributed by atoms with Crippen molar-refractivity contribution in [1.82, 2.24) is 0 Å². The van der Waals surface area contributed by atoms with Crippen molar-refractivity contribution >= 4 is 12.9 Å². The number of diazo groups is 1. The maximum atomic E-state index is 9.75. The Morgan fingerprint density at radius 3 is 2.12 bits per heavy atom. The molecule has 0 saturated carbocycles. The number of rotatable bonds is 2. The zero-order valence-electron chi connectivity index (χ0n) is 8.71. The second kappa shape index (κ2) is 6.83. The number of hydrogen-bond donors (Lipinski definition) is 0. The fourth-order valence-corrected chi connectivity index (χ4v) is 1.09. The van der Waals surface area contributed by atoms with Crippen LogP contribution in [-0.2, 0) is 6.42 Å². The first-order chi connectivity index (χ1) is 7.38. The van der Waals surface area contributed by atoms with E-state index in [1.807, 2.05) is 24.3 Å². The first-order valence-electron chi connectivity index (χ1n) is 4.68. The van der Waals surface area contributed by atoms with E-state index in [-0.39, 0.29) is 0 Å². The van der Waals surface area contributed by atoms with Gasteiger partial charge in [0.15, 0.2) is 4.98 Å². The van der Waals surface area contributed by atoms with Gasteiger partial charge in [-0.3, -0.25) is 0 Å². The molecule has 7 heteroatoms. The highest BCUT2D eigenvalue weighted by Gasteiger charge is 2.20. The monoisotopic (exact) mass is 234 g/mol. The van der Waals surface area contributed by atoms with Gasteiger partial charge < -0.3 is 17.3 Å². The number of halogens is 4. The maximum Gasteiger partial charge on any atom is 0.673 e. The van der Waals surface area contributed by atoms with E-state index < -0.39 is 7.25 Å². The van der Waals surface area contributed by atoms with Crippen molar-refractivity contribution in [2.24, 2.45) is 0 Å². The Morgan fingerprint density at radius 2 is 1.69 bits per heavy atom. The Bertz CT molecular complexity index is 353. The summed E-state index contributed by atoms with van der Waals surface area (Å²) in [5.41, 5.74) is 1.80. The van der Waals surface area contributed by atoms with Gasteiger partial charge in [-0.25, -0.2) is 0 Å². The van der Waals surface area contributed by atoms with E-state index in [0.29, 0.717) is 5.69 Å². The van der Waals surface area contributed by atoms with Crippen molar-refractivity contribution in [3.8, 4) is 0 Å². The molecule has 2 nitrogen and oxygen atoms in total. The zero-order chi connectivity index (χ0) is 12.6. The molecule has 16 heavy (non-hydrogen) atoms. The van der Waals surface area contributed by atoms with Crippen molar-refractivity contribution in [1.29, 1.82) is 5.39 Å². The molecule has 0 fully saturated rings. The van der Waals surface area contributed by atoms with Crippen molar-refractivity contribution in [3.05, 3.63) is 34.8 Å². The summed E-state index contributed by atoms with van der Waals surface area (Å²) < 4.78 is 39.0. The van der Waals surface area contributed by atoms with Gasteiger partial charge in [0.25, 0.3) is 0 Å². The molecule has 0 aliphatic heterocycles. The van der Waals surface area contributed by atoms with E-state index >= 15 is 0 Å². The molecule has 0 saturated heterocycles. The number of aryl methyl sites for hydroxylation is 1. The standard InChI is InChI=1S/C9H11N2.BF4/c1-2-5-8-6-3-4-7-9(8)11-10;2-1(3,4)5/h3-4,6-7H,2,5H2,1H3;/q+1;-1. The lowest BCUT2D eigenvalue weighted by atomic mass is 10.1. The van der Waals surface area contributed by atoms with Crippen LogP contribution in [0.4, 0.5) is 23.0 Å². The molecule has 0 aliphatic rings. The van der Waals surface area contributed by atoms with E-state index in [0.717, 1.165) is 18.4 Å². The third-order valence-electron chi connectivity index (χ3n) is 1.62. The molecule has 1 rings (SSSR count). The second-order valence-electron chi connectivity index (χ2n) is 2.97. The highest BCUT2D eigenvalue weighted by molar-refractivity contribution is 6.50. The molecule has 0 atom stereocenters. The molecule has 1 aromatic rings. The molecule has 0 unspecified atom stereocenters. The number of nitrogens with zero attached hydrogens (tertiary/aromatic N) is 2. The third kappa shape index (κ3) is 7.79. The van der Waals surface area contributed by atoms with Crippen LogP contribution in [0.5, 0.6) is 0 Å². The summed E-state index contributed by atoms with van der Waals surface area (Å²) in [5, 5.41) is 8.57. The Balaban J connectivity index is 0.000000385. The van der Waals surface area contributed by atoms with Crippen molar-refractivity contribution in [2.45, 2.75) is 19.8 Å². The molecular weight excluding hydrogens is 223 g/mol. The molecule has 0 bridgehead atoms. The van der Waals surface area contributed by atoms with E-state index in [9.17, 15) is 17.3 Å². The molecule has 0 spiro atoms. The zero-order valence-corrected chi connectivity index (χ0v) is 8.71. The van der Waals surface area contributed by atoms with Crippen LogP contribution in [0.2, 0.25) is 0 Å². The average molecular weight is 234 g/mol. The van der Waals surface area contributed by atoms with Crippen molar-refractivity contribution in [3.63, 3.8) is 0 Å². The molecular formula is C9H11BF4N2. The predicted molar refractivity (Wildman–Crippen MR) is 55.4 cm³/mol. The van der Waals surface area contributed by atoms with Gasteiger partial charge in [0.2, 0.25) is 5.39 Å². The van der Waals surface area contributed by atoms with Crippen molar-refractivity contribution in [2.75, 3.05) is 0 Å². The minimum Gasteiger partial charge on any atom is -0.418 e. The third-order valence-corrected chi connectivity index (χ3v) is 1.62. The molecule has 0 amide bonds. The molecule has 0 aromatic heterocycles. The lowest BCUT2D eigenvalue weighted by Gasteiger charge is -1.94. The highest BCUT2D eigenvalue weighted by atomic mass is 19.5. The van der Waals surface area contributed by atoms with Crippen LogP contribution in [-0.4, -0.2) is 7.25 Å². The Hall–Kier alpha value is -1.58. The Morgan fingerprint density at radius 1 is 1.19 bits per heavy atom. The van der Waals surface area contributed by atoms with Crippen LogP contribution in [0.3, 0.4) is 0 Å². The van der Waals surface area contributed by atoms with Crippen LogP contribution in [0.15, 0.2) is 24.3 Å². The average Bonchev–Trinajstić information content (AvgIpc) is 2.16. The van der Waals surface area contributed by atoms with Gasteiger partial charge >= 0.3 is 12.9 Å². The molecule has 0 heterocycles. The van der Waals surface area contributed by atoms with Gasteiger partial charge in [0, 0.05) is 11.6 Å². The van der Waals surface area contributed by atoms with Gasteiger partial charge in [0.05, 0.1) is 0 Å². The lowest BCUT2D eigenvalue weighted by Crippen LogP contribution is -2.02. The van der Waals surface area contributed by atoms with Crippen LogP contribution in [0, 0.1) is 5.39 Å². The summed E-state index contributed by atoms with van der Waals surface area (Å²) >= 11 is 0. The maximum absolute atomic E-state index is 9.75. The van der Waals surface area contributed by atoms with E-state index in [4.69, 9.17) is 5.39 Å². The van der Waals surface area contributed by atoms with Crippen molar-refractivity contribution < 1.29 is 17.3 Å². The first kappa shape index (κ1) is 14.4. The summed E-state index contributed by atoms with van der Waals surface area (Å²) in [4.78, 5) is 3.19.